The maximum Gasteiger partial charge on any atom is 0.123 e. The van der Waals surface area contributed by atoms with Gasteiger partial charge < -0.3 is 10.5 Å². The number of pyridine rings is 1. The van der Waals surface area contributed by atoms with Crippen LogP contribution in [0.4, 0.5) is 5.82 Å². The van der Waals surface area contributed by atoms with E-state index in [-0.39, 0.29) is 12.0 Å². The molecule has 1 aliphatic rings. The van der Waals surface area contributed by atoms with Gasteiger partial charge in [-0.2, -0.15) is 0 Å². The fraction of sp³-hybridized carbons (Fsp3) is 0.364. The summed E-state index contributed by atoms with van der Waals surface area (Å²) >= 11 is 0. The number of fused-ring (bicyclic) bond motifs is 1. The van der Waals surface area contributed by atoms with Crippen molar-refractivity contribution in [2.75, 3.05) is 5.73 Å². The van der Waals surface area contributed by atoms with Crippen molar-refractivity contribution < 1.29 is 4.74 Å². The Kier molecular flexibility index (Phi) is 1.95. The van der Waals surface area contributed by atoms with Crippen LogP contribution in [0, 0.1) is 0 Å². The minimum atomic E-state index is 0.115. The van der Waals surface area contributed by atoms with Gasteiger partial charge in [0.05, 0.1) is 5.69 Å². The SMILES string of the molecule is C=C1O[C@H](C)[C@@H](C)c2nc(N)ccc21. The number of hydrogen-bond donors (Lipinski definition) is 1. The first-order valence-corrected chi connectivity index (χ1v) is 4.72. The van der Waals surface area contributed by atoms with E-state index in [2.05, 4.69) is 18.5 Å². The molecule has 0 unspecified atom stereocenters. The molecule has 0 aromatic carbocycles. The highest BCUT2D eigenvalue weighted by Gasteiger charge is 2.27. The van der Waals surface area contributed by atoms with Crippen molar-refractivity contribution in [1.29, 1.82) is 0 Å². The lowest BCUT2D eigenvalue weighted by molar-refractivity contribution is 0.148. The van der Waals surface area contributed by atoms with Crippen LogP contribution in [0.5, 0.6) is 0 Å². The van der Waals surface area contributed by atoms with E-state index in [1.165, 1.54) is 0 Å². The molecule has 0 amide bonds. The molecular formula is C11H14N2O. The Morgan fingerprint density at radius 1 is 1.43 bits per heavy atom. The van der Waals surface area contributed by atoms with Gasteiger partial charge in [0.2, 0.25) is 0 Å². The van der Waals surface area contributed by atoms with Crippen molar-refractivity contribution in [3.8, 4) is 0 Å². The van der Waals surface area contributed by atoms with Gasteiger partial charge in [-0.15, -0.1) is 0 Å². The predicted octanol–water partition coefficient (Wildman–Crippen LogP) is 2.16. The van der Waals surface area contributed by atoms with Gasteiger partial charge in [0.1, 0.15) is 17.7 Å². The highest BCUT2D eigenvalue weighted by molar-refractivity contribution is 5.63. The Morgan fingerprint density at radius 3 is 2.86 bits per heavy atom. The van der Waals surface area contributed by atoms with Crippen LogP contribution in [0.2, 0.25) is 0 Å². The van der Waals surface area contributed by atoms with E-state index in [1.54, 1.807) is 6.07 Å². The molecule has 74 valence electrons. The Labute approximate surface area is 83.6 Å². The fourth-order valence-electron chi connectivity index (χ4n) is 1.69. The molecule has 1 aromatic heterocycles. The lowest BCUT2D eigenvalue weighted by Crippen LogP contribution is -2.23. The second kappa shape index (κ2) is 3.01. The van der Waals surface area contributed by atoms with Gasteiger partial charge in [0.25, 0.3) is 0 Å². The third-order valence-electron chi connectivity index (χ3n) is 2.71. The summed E-state index contributed by atoms with van der Waals surface area (Å²) in [5.74, 6) is 1.51. The number of anilines is 1. The van der Waals surface area contributed by atoms with E-state index in [4.69, 9.17) is 10.5 Å². The zero-order chi connectivity index (χ0) is 10.3. The van der Waals surface area contributed by atoms with Crippen molar-refractivity contribution >= 4 is 11.6 Å². The number of aromatic nitrogens is 1. The molecule has 14 heavy (non-hydrogen) atoms. The van der Waals surface area contributed by atoms with E-state index in [1.807, 2.05) is 13.0 Å². The fourth-order valence-corrected chi connectivity index (χ4v) is 1.69. The van der Waals surface area contributed by atoms with E-state index in [0.717, 1.165) is 11.3 Å². The Balaban J connectivity index is 2.56. The first-order chi connectivity index (χ1) is 6.59. The van der Waals surface area contributed by atoms with Gasteiger partial charge >= 0.3 is 0 Å². The summed E-state index contributed by atoms with van der Waals surface area (Å²) in [4.78, 5) is 4.33. The molecule has 1 aromatic rings. The smallest absolute Gasteiger partial charge is 0.123 e. The van der Waals surface area contributed by atoms with Crippen LogP contribution >= 0.6 is 0 Å². The van der Waals surface area contributed by atoms with Crippen molar-refractivity contribution in [3.63, 3.8) is 0 Å². The van der Waals surface area contributed by atoms with Gasteiger partial charge in [-0.25, -0.2) is 4.98 Å². The van der Waals surface area contributed by atoms with Crippen molar-refractivity contribution in [3.05, 3.63) is 30.0 Å². The second-order valence-electron chi connectivity index (χ2n) is 3.70. The van der Waals surface area contributed by atoms with Gasteiger partial charge in [-0.3, -0.25) is 0 Å². The summed E-state index contributed by atoms with van der Waals surface area (Å²) in [5.41, 5.74) is 7.62. The van der Waals surface area contributed by atoms with Crippen molar-refractivity contribution in [1.82, 2.24) is 4.98 Å². The largest absolute Gasteiger partial charge is 0.490 e. The minimum absolute atomic E-state index is 0.115. The first kappa shape index (κ1) is 9.06. The second-order valence-corrected chi connectivity index (χ2v) is 3.70. The molecule has 0 bridgehead atoms. The lowest BCUT2D eigenvalue weighted by Gasteiger charge is -2.30. The molecular weight excluding hydrogens is 176 g/mol. The zero-order valence-corrected chi connectivity index (χ0v) is 8.45. The Morgan fingerprint density at radius 2 is 2.14 bits per heavy atom. The molecule has 0 fully saturated rings. The molecule has 0 aliphatic carbocycles. The Hall–Kier alpha value is -1.51. The van der Waals surface area contributed by atoms with E-state index < -0.39 is 0 Å². The van der Waals surface area contributed by atoms with Crippen LogP contribution in [0.25, 0.3) is 5.76 Å². The normalized spacial score (nSPS) is 25.4. The molecule has 2 heterocycles. The molecule has 0 saturated carbocycles. The standard InChI is InChI=1S/C11H14N2O/c1-6-7(2)14-8(3)9-4-5-10(12)13-11(6)9/h4-7H,3H2,1-2H3,(H2,12,13)/t6-,7-/m1/s1. The summed E-state index contributed by atoms with van der Waals surface area (Å²) in [6.07, 6.45) is 0.115. The third-order valence-corrected chi connectivity index (χ3v) is 2.71. The van der Waals surface area contributed by atoms with E-state index in [0.29, 0.717) is 11.6 Å². The quantitative estimate of drug-likeness (QED) is 0.682. The van der Waals surface area contributed by atoms with Gasteiger partial charge in [-0.1, -0.05) is 13.5 Å². The number of nitrogen functional groups attached to an aromatic ring is 1. The molecule has 2 atom stereocenters. The number of hydrogen-bond acceptors (Lipinski definition) is 3. The maximum absolute atomic E-state index is 5.65. The summed E-state index contributed by atoms with van der Waals surface area (Å²) in [6.45, 7) is 7.97. The monoisotopic (exact) mass is 190 g/mol. The molecule has 0 radical (unpaired) electrons. The van der Waals surface area contributed by atoms with Gasteiger partial charge in [0.15, 0.2) is 0 Å². The van der Waals surface area contributed by atoms with Crippen LogP contribution < -0.4 is 5.73 Å². The molecule has 0 saturated heterocycles. The number of rotatable bonds is 0. The zero-order valence-electron chi connectivity index (χ0n) is 8.45. The average molecular weight is 190 g/mol. The summed E-state index contributed by atoms with van der Waals surface area (Å²) in [5, 5.41) is 0. The van der Waals surface area contributed by atoms with Crippen LogP contribution in [0.15, 0.2) is 18.7 Å². The molecule has 3 heteroatoms. The summed E-state index contributed by atoms with van der Waals surface area (Å²) < 4.78 is 5.59. The maximum atomic E-state index is 5.65. The Bertz CT molecular complexity index is 387. The minimum Gasteiger partial charge on any atom is -0.490 e. The molecule has 3 nitrogen and oxygen atoms in total. The third kappa shape index (κ3) is 1.25. The highest BCUT2D eigenvalue weighted by Crippen LogP contribution is 2.35. The molecule has 1 aliphatic heterocycles. The van der Waals surface area contributed by atoms with E-state index in [9.17, 15) is 0 Å². The van der Waals surface area contributed by atoms with Crippen molar-refractivity contribution in [2.45, 2.75) is 25.9 Å². The lowest BCUT2D eigenvalue weighted by atomic mass is 9.93. The number of ether oxygens (including phenoxy) is 1. The van der Waals surface area contributed by atoms with Gasteiger partial charge in [-0.05, 0) is 19.1 Å². The topological polar surface area (TPSA) is 48.1 Å². The van der Waals surface area contributed by atoms with Gasteiger partial charge in [0, 0.05) is 11.5 Å². The summed E-state index contributed by atoms with van der Waals surface area (Å²) in [6, 6.07) is 3.69. The van der Waals surface area contributed by atoms with Crippen LogP contribution in [0.3, 0.4) is 0 Å². The summed E-state index contributed by atoms with van der Waals surface area (Å²) in [7, 11) is 0. The molecule has 2 N–H and O–H groups in total. The molecule has 0 spiro atoms. The predicted molar refractivity (Wildman–Crippen MR) is 56.6 cm³/mol. The van der Waals surface area contributed by atoms with Crippen molar-refractivity contribution in [2.24, 2.45) is 0 Å². The van der Waals surface area contributed by atoms with Crippen LogP contribution in [0.1, 0.15) is 31.0 Å². The number of nitrogens with two attached hydrogens (primary N) is 1. The highest BCUT2D eigenvalue weighted by atomic mass is 16.5. The first-order valence-electron chi connectivity index (χ1n) is 4.72. The van der Waals surface area contributed by atoms with Crippen LogP contribution in [-0.2, 0) is 4.74 Å². The molecule has 2 rings (SSSR count). The average Bonchev–Trinajstić information content (AvgIpc) is 2.14. The van der Waals surface area contributed by atoms with E-state index >= 15 is 0 Å². The van der Waals surface area contributed by atoms with Crippen LogP contribution in [-0.4, -0.2) is 11.1 Å². The number of nitrogens with zero attached hydrogens (tertiary/aromatic N) is 1.